The molecule has 0 radical (unpaired) electrons. The summed E-state index contributed by atoms with van der Waals surface area (Å²) in [6.07, 6.45) is -1.64. The summed E-state index contributed by atoms with van der Waals surface area (Å²) in [5.74, 6) is -0.996. The molecule has 134 valence electrons. The summed E-state index contributed by atoms with van der Waals surface area (Å²) in [7, 11) is 0. The summed E-state index contributed by atoms with van der Waals surface area (Å²) < 4.78 is 5.06. The van der Waals surface area contributed by atoms with Crippen LogP contribution in [0.25, 0.3) is 0 Å². The smallest absolute Gasteiger partial charge is 0.407 e. The SMILES string of the molecule is CC(C)(C)OC(=O)NCCC(O)C(O)c1ccc(CC(=O)O)nc1. The Labute approximate surface area is 140 Å². The van der Waals surface area contributed by atoms with Crippen LogP contribution in [0.5, 0.6) is 0 Å². The lowest BCUT2D eigenvalue weighted by molar-refractivity contribution is -0.136. The van der Waals surface area contributed by atoms with Gasteiger partial charge in [0, 0.05) is 18.3 Å². The number of nitrogens with one attached hydrogen (secondary N) is 1. The number of carbonyl (C=O) groups excluding carboxylic acids is 1. The molecule has 0 aromatic carbocycles. The first-order chi connectivity index (χ1) is 11.1. The monoisotopic (exact) mass is 340 g/mol. The third-order valence-corrected chi connectivity index (χ3v) is 2.99. The summed E-state index contributed by atoms with van der Waals surface area (Å²) in [6, 6.07) is 3.00. The predicted octanol–water partition coefficient (Wildman–Crippen LogP) is 1.02. The summed E-state index contributed by atoms with van der Waals surface area (Å²) >= 11 is 0. The molecule has 2 atom stereocenters. The van der Waals surface area contributed by atoms with Gasteiger partial charge >= 0.3 is 12.1 Å². The normalized spacial score (nSPS) is 13.9. The average Bonchev–Trinajstić information content (AvgIpc) is 2.44. The molecule has 0 aliphatic heterocycles. The van der Waals surface area contributed by atoms with Crippen molar-refractivity contribution in [2.75, 3.05) is 6.54 Å². The van der Waals surface area contributed by atoms with Crippen LogP contribution in [0.1, 0.15) is 44.6 Å². The number of rotatable bonds is 7. The molecule has 1 rings (SSSR count). The van der Waals surface area contributed by atoms with Crippen LogP contribution in [-0.2, 0) is 16.0 Å². The van der Waals surface area contributed by atoms with Gasteiger partial charge in [0.25, 0.3) is 0 Å². The number of hydrogen-bond acceptors (Lipinski definition) is 6. The highest BCUT2D eigenvalue weighted by molar-refractivity contribution is 5.69. The largest absolute Gasteiger partial charge is 0.481 e. The van der Waals surface area contributed by atoms with E-state index in [0.717, 1.165) is 0 Å². The average molecular weight is 340 g/mol. The number of aliphatic hydroxyl groups excluding tert-OH is 2. The molecular formula is C16H24N2O6. The van der Waals surface area contributed by atoms with E-state index in [0.29, 0.717) is 11.3 Å². The topological polar surface area (TPSA) is 129 Å². The number of aliphatic carboxylic acids is 1. The molecule has 4 N–H and O–H groups in total. The Hall–Kier alpha value is -2.19. The highest BCUT2D eigenvalue weighted by atomic mass is 16.6. The van der Waals surface area contributed by atoms with E-state index in [2.05, 4.69) is 10.3 Å². The molecule has 2 unspecified atom stereocenters. The Kier molecular flexibility index (Phi) is 7.12. The molecule has 1 amide bonds. The number of carboxylic acid groups (broad SMARTS) is 1. The zero-order chi connectivity index (χ0) is 18.3. The number of alkyl carbamates (subject to hydrolysis) is 1. The number of carboxylic acids is 1. The fraction of sp³-hybridized carbons (Fsp3) is 0.562. The van der Waals surface area contributed by atoms with Crippen LogP contribution in [0.4, 0.5) is 4.79 Å². The lowest BCUT2D eigenvalue weighted by atomic mass is 10.0. The van der Waals surface area contributed by atoms with E-state index in [1.165, 1.54) is 18.3 Å². The molecule has 8 heteroatoms. The Morgan fingerprint density at radius 3 is 2.46 bits per heavy atom. The Morgan fingerprint density at radius 1 is 1.29 bits per heavy atom. The predicted molar refractivity (Wildman–Crippen MR) is 85.4 cm³/mol. The molecule has 1 heterocycles. The van der Waals surface area contributed by atoms with Gasteiger partial charge in [0.2, 0.25) is 0 Å². The quantitative estimate of drug-likeness (QED) is 0.583. The van der Waals surface area contributed by atoms with E-state index in [1.807, 2.05) is 0 Å². The fourth-order valence-electron chi connectivity index (χ4n) is 1.89. The van der Waals surface area contributed by atoms with Crippen molar-refractivity contribution in [2.24, 2.45) is 0 Å². The Morgan fingerprint density at radius 2 is 1.96 bits per heavy atom. The molecule has 0 aliphatic rings. The van der Waals surface area contributed by atoms with Crippen LogP contribution >= 0.6 is 0 Å². The van der Waals surface area contributed by atoms with E-state index in [4.69, 9.17) is 9.84 Å². The van der Waals surface area contributed by atoms with Gasteiger partial charge in [-0.15, -0.1) is 0 Å². The van der Waals surface area contributed by atoms with Gasteiger partial charge in [0.1, 0.15) is 11.7 Å². The molecule has 1 aromatic rings. The number of hydrogen-bond donors (Lipinski definition) is 4. The molecule has 0 aliphatic carbocycles. The molecule has 0 spiro atoms. The van der Waals surface area contributed by atoms with Crippen LogP contribution in [0.2, 0.25) is 0 Å². The molecule has 0 saturated heterocycles. The summed E-state index contributed by atoms with van der Waals surface area (Å²) in [4.78, 5) is 26.0. The van der Waals surface area contributed by atoms with Gasteiger partial charge in [0.05, 0.1) is 18.2 Å². The van der Waals surface area contributed by atoms with E-state index in [-0.39, 0.29) is 19.4 Å². The number of ether oxygens (including phenoxy) is 1. The van der Waals surface area contributed by atoms with Crippen molar-refractivity contribution in [3.05, 3.63) is 29.6 Å². The minimum atomic E-state index is -1.18. The maximum atomic E-state index is 11.5. The van der Waals surface area contributed by atoms with Crippen molar-refractivity contribution in [1.29, 1.82) is 0 Å². The standard InChI is InChI=1S/C16H24N2O6/c1-16(2,3)24-15(23)17-7-6-12(19)14(22)10-4-5-11(18-9-10)8-13(20)21/h4-5,9,12,14,19,22H,6-8H2,1-3H3,(H,17,23)(H,20,21). The van der Waals surface area contributed by atoms with Gasteiger partial charge in [-0.1, -0.05) is 6.07 Å². The van der Waals surface area contributed by atoms with Gasteiger partial charge in [-0.05, 0) is 33.3 Å². The minimum absolute atomic E-state index is 0.122. The highest BCUT2D eigenvalue weighted by Gasteiger charge is 2.20. The number of nitrogens with zero attached hydrogens (tertiary/aromatic N) is 1. The molecule has 1 aromatic heterocycles. The number of pyridine rings is 1. The van der Waals surface area contributed by atoms with Crippen molar-refractivity contribution in [3.8, 4) is 0 Å². The number of carbonyl (C=O) groups is 2. The molecule has 8 nitrogen and oxygen atoms in total. The summed E-state index contributed by atoms with van der Waals surface area (Å²) in [5.41, 5.74) is 0.124. The summed E-state index contributed by atoms with van der Waals surface area (Å²) in [5, 5.41) is 31.2. The molecule has 0 fully saturated rings. The zero-order valence-electron chi connectivity index (χ0n) is 14.0. The zero-order valence-corrected chi connectivity index (χ0v) is 14.0. The van der Waals surface area contributed by atoms with Gasteiger partial charge in [-0.3, -0.25) is 9.78 Å². The molecule has 0 bridgehead atoms. The van der Waals surface area contributed by atoms with Crippen LogP contribution in [0.3, 0.4) is 0 Å². The van der Waals surface area contributed by atoms with Crippen LogP contribution in [-0.4, -0.2) is 50.6 Å². The first-order valence-corrected chi connectivity index (χ1v) is 7.58. The van der Waals surface area contributed by atoms with Crippen molar-refractivity contribution in [1.82, 2.24) is 10.3 Å². The number of amides is 1. The lowest BCUT2D eigenvalue weighted by Gasteiger charge is -2.21. The van der Waals surface area contributed by atoms with Gasteiger partial charge in [-0.2, -0.15) is 0 Å². The molecular weight excluding hydrogens is 316 g/mol. The van der Waals surface area contributed by atoms with Crippen molar-refractivity contribution < 1.29 is 29.6 Å². The van der Waals surface area contributed by atoms with Gasteiger partial charge in [0.15, 0.2) is 0 Å². The second kappa shape index (κ2) is 8.60. The van der Waals surface area contributed by atoms with Crippen LogP contribution in [0, 0.1) is 0 Å². The van der Waals surface area contributed by atoms with E-state index < -0.39 is 29.9 Å². The molecule has 0 saturated carbocycles. The van der Waals surface area contributed by atoms with Crippen molar-refractivity contribution >= 4 is 12.1 Å². The third kappa shape index (κ3) is 7.38. The second-order valence-electron chi connectivity index (χ2n) is 6.38. The van der Waals surface area contributed by atoms with Crippen LogP contribution < -0.4 is 5.32 Å². The first kappa shape index (κ1) is 19.9. The Bertz CT molecular complexity index is 553. The van der Waals surface area contributed by atoms with E-state index >= 15 is 0 Å². The summed E-state index contributed by atoms with van der Waals surface area (Å²) in [6.45, 7) is 5.36. The van der Waals surface area contributed by atoms with E-state index in [9.17, 15) is 19.8 Å². The van der Waals surface area contributed by atoms with Crippen LogP contribution in [0.15, 0.2) is 18.3 Å². The minimum Gasteiger partial charge on any atom is -0.481 e. The molecule has 24 heavy (non-hydrogen) atoms. The Balaban J connectivity index is 2.45. The van der Waals surface area contributed by atoms with Crippen molar-refractivity contribution in [2.45, 2.75) is 51.4 Å². The first-order valence-electron chi connectivity index (χ1n) is 7.58. The highest BCUT2D eigenvalue weighted by Crippen LogP contribution is 2.18. The number of aliphatic hydroxyl groups is 2. The maximum Gasteiger partial charge on any atom is 0.407 e. The fourth-order valence-corrected chi connectivity index (χ4v) is 1.89. The maximum absolute atomic E-state index is 11.5. The van der Waals surface area contributed by atoms with Crippen molar-refractivity contribution in [3.63, 3.8) is 0 Å². The lowest BCUT2D eigenvalue weighted by Crippen LogP contribution is -2.34. The van der Waals surface area contributed by atoms with Gasteiger partial charge < -0.3 is 25.4 Å². The second-order valence-corrected chi connectivity index (χ2v) is 6.38. The van der Waals surface area contributed by atoms with Gasteiger partial charge in [-0.25, -0.2) is 4.79 Å². The third-order valence-electron chi connectivity index (χ3n) is 2.99. The van der Waals surface area contributed by atoms with E-state index in [1.54, 1.807) is 20.8 Å². The number of aromatic nitrogens is 1.